The van der Waals surface area contributed by atoms with Crippen molar-refractivity contribution in [1.29, 1.82) is 0 Å². The van der Waals surface area contributed by atoms with E-state index in [2.05, 4.69) is 20.3 Å². The first-order chi connectivity index (χ1) is 22.0. The van der Waals surface area contributed by atoms with E-state index >= 15 is 0 Å². The third-order valence-corrected chi connectivity index (χ3v) is 7.94. The van der Waals surface area contributed by atoms with Gasteiger partial charge in [-0.25, -0.2) is 14.4 Å². The number of benzene rings is 1. The number of aryl methyl sites for hydroxylation is 1. The number of imidazole rings is 1. The van der Waals surface area contributed by atoms with Gasteiger partial charge in [-0.3, -0.25) is 4.79 Å². The maximum absolute atomic E-state index is 14.3. The molecule has 6 rings (SSSR count). The lowest BCUT2D eigenvalue weighted by Crippen LogP contribution is -2.39. The Morgan fingerprint density at radius 3 is 2.63 bits per heavy atom. The summed E-state index contributed by atoms with van der Waals surface area (Å²) in [6.45, 7) is 0.364. The highest BCUT2D eigenvalue weighted by Gasteiger charge is 2.37. The lowest BCUT2D eigenvalue weighted by atomic mass is 9.88. The van der Waals surface area contributed by atoms with Crippen LogP contribution in [0.1, 0.15) is 35.7 Å². The van der Waals surface area contributed by atoms with Crippen molar-refractivity contribution in [3.05, 3.63) is 111 Å². The van der Waals surface area contributed by atoms with Gasteiger partial charge < -0.3 is 29.7 Å². The van der Waals surface area contributed by atoms with Crippen LogP contribution >= 0.6 is 11.6 Å². The molecule has 1 aliphatic carbocycles. The summed E-state index contributed by atoms with van der Waals surface area (Å²) < 4.78 is 70.2. The molecule has 4 aromatic heterocycles. The van der Waals surface area contributed by atoms with Crippen LogP contribution in [0.4, 0.5) is 29.2 Å². The molecule has 1 fully saturated rings. The summed E-state index contributed by atoms with van der Waals surface area (Å²) in [5, 5.41) is 2.73. The van der Waals surface area contributed by atoms with Crippen LogP contribution in [-0.2, 0) is 24.6 Å². The van der Waals surface area contributed by atoms with Crippen molar-refractivity contribution in [2.24, 2.45) is 12.8 Å². The van der Waals surface area contributed by atoms with Crippen molar-refractivity contribution in [2.45, 2.75) is 37.8 Å². The number of anilines is 2. The predicted molar refractivity (Wildman–Crippen MR) is 163 cm³/mol. The van der Waals surface area contributed by atoms with Crippen molar-refractivity contribution >= 4 is 40.2 Å². The molecule has 1 aliphatic rings. The van der Waals surface area contributed by atoms with Gasteiger partial charge in [0.25, 0.3) is 5.56 Å². The van der Waals surface area contributed by atoms with E-state index in [1.165, 1.54) is 36.1 Å². The van der Waals surface area contributed by atoms with Crippen LogP contribution in [0.15, 0.2) is 78.1 Å². The normalized spacial score (nSPS) is 16.8. The van der Waals surface area contributed by atoms with E-state index in [0.717, 1.165) is 28.6 Å². The van der Waals surface area contributed by atoms with Crippen LogP contribution in [0.3, 0.4) is 0 Å². The number of nitrogens with zero attached hydrogens (tertiary/aromatic N) is 5. The largest absolute Gasteiger partial charge is 0.450 e. The average Bonchev–Trinajstić information content (AvgIpc) is 3.33. The fourth-order valence-corrected chi connectivity index (χ4v) is 5.37. The zero-order valence-electron chi connectivity index (χ0n) is 24.1. The minimum absolute atomic E-state index is 0.00112. The number of aromatic nitrogens is 5. The van der Waals surface area contributed by atoms with Gasteiger partial charge in [-0.15, -0.1) is 0 Å². The van der Waals surface area contributed by atoms with Crippen molar-refractivity contribution in [1.82, 2.24) is 24.1 Å². The van der Waals surface area contributed by atoms with Crippen LogP contribution < -0.4 is 21.3 Å². The standard InChI is InChI=1S/C31H26ClF4N7O3/c1-42-27-25(32)24(46-23(13-37)26-21(33)8-5-9-38-26)14-39-28(27)41-30(42)40-22-10-18(31(34,35)36)15-43(29(22)44)19-11-20(12-19)45-16-17-6-3-2-4-7-17/h2-10,13-15,19-20H,11-12,16,37H2,1H3,(H,39,40,41). The third kappa shape index (κ3) is 6.13. The molecule has 0 saturated heterocycles. The number of nitrogens with one attached hydrogen (secondary N) is 1. The average molecular weight is 656 g/mol. The smallest absolute Gasteiger partial charge is 0.417 e. The first-order valence-corrected chi connectivity index (χ1v) is 14.4. The minimum Gasteiger partial charge on any atom is -0.450 e. The van der Waals surface area contributed by atoms with Gasteiger partial charge in [-0.05, 0) is 36.6 Å². The van der Waals surface area contributed by atoms with Crippen LogP contribution in [0.2, 0.25) is 5.02 Å². The van der Waals surface area contributed by atoms with Crippen LogP contribution in [-0.4, -0.2) is 30.2 Å². The van der Waals surface area contributed by atoms with Gasteiger partial charge in [0.1, 0.15) is 21.9 Å². The second-order valence-corrected chi connectivity index (χ2v) is 11.0. The zero-order valence-corrected chi connectivity index (χ0v) is 24.9. The number of rotatable bonds is 9. The molecule has 3 N–H and O–H groups in total. The second kappa shape index (κ2) is 12.4. The predicted octanol–water partition coefficient (Wildman–Crippen LogP) is 6.34. The van der Waals surface area contributed by atoms with Gasteiger partial charge in [0.05, 0.1) is 24.5 Å². The van der Waals surface area contributed by atoms with Gasteiger partial charge >= 0.3 is 6.18 Å². The molecule has 1 aromatic carbocycles. The molecular weight excluding hydrogens is 630 g/mol. The van der Waals surface area contributed by atoms with Crippen molar-refractivity contribution in [3.8, 4) is 5.75 Å². The SMILES string of the molecule is Cn1c(Nc2cc(C(F)(F)F)cn(C3CC(OCc4ccccc4)C3)c2=O)nc2ncc(OC(=CN)c3ncccc3F)c(Cl)c21. The van der Waals surface area contributed by atoms with E-state index < -0.39 is 29.2 Å². The molecule has 0 amide bonds. The Hall–Kier alpha value is -4.95. The molecule has 238 valence electrons. The van der Waals surface area contributed by atoms with Crippen molar-refractivity contribution in [3.63, 3.8) is 0 Å². The molecule has 10 nitrogen and oxygen atoms in total. The topological polar surface area (TPSA) is 122 Å². The number of hydrogen-bond acceptors (Lipinski definition) is 8. The maximum atomic E-state index is 14.3. The molecule has 1 saturated carbocycles. The number of alkyl halides is 3. The van der Waals surface area contributed by atoms with Gasteiger partial charge in [0, 0.05) is 31.7 Å². The summed E-state index contributed by atoms with van der Waals surface area (Å²) in [7, 11) is 1.53. The minimum atomic E-state index is -4.72. The Morgan fingerprint density at radius 2 is 1.93 bits per heavy atom. The van der Waals surface area contributed by atoms with E-state index in [4.69, 9.17) is 26.8 Å². The zero-order chi connectivity index (χ0) is 32.6. The Kier molecular flexibility index (Phi) is 8.40. The molecule has 15 heteroatoms. The number of nitrogens with two attached hydrogens (primary N) is 1. The molecule has 0 atom stereocenters. The van der Waals surface area contributed by atoms with Gasteiger partial charge in [0.2, 0.25) is 5.95 Å². The highest BCUT2D eigenvalue weighted by molar-refractivity contribution is 6.36. The summed E-state index contributed by atoms with van der Waals surface area (Å²) in [6, 6.07) is 12.3. The molecule has 46 heavy (non-hydrogen) atoms. The molecule has 0 aliphatic heterocycles. The molecule has 0 bridgehead atoms. The summed E-state index contributed by atoms with van der Waals surface area (Å²) in [4.78, 5) is 26.0. The summed E-state index contributed by atoms with van der Waals surface area (Å²) >= 11 is 6.62. The second-order valence-electron chi connectivity index (χ2n) is 10.6. The van der Waals surface area contributed by atoms with Gasteiger partial charge in [-0.1, -0.05) is 41.9 Å². The molecule has 0 unspecified atom stereocenters. The number of hydrogen-bond donors (Lipinski definition) is 2. The molecule has 4 heterocycles. The third-order valence-electron chi connectivity index (χ3n) is 7.58. The molecule has 0 radical (unpaired) electrons. The van der Waals surface area contributed by atoms with E-state index in [1.807, 2.05) is 30.3 Å². The summed E-state index contributed by atoms with van der Waals surface area (Å²) in [6.07, 6.45) is 0.276. The van der Waals surface area contributed by atoms with Crippen molar-refractivity contribution in [2.75, 3.05) is 5.32 Å². The number of pyridine rings is 3. The van der Waals surface area contributed by atoms with Crippen LogP contribution in [0, 0.1) is 5.82 Å². The quantitative estimate of drug-likeness (QED) is 0.139. The summed E-state index contributed by atoms with van der Waals surface area (Å²) in [5.74, 6) is -0.830. The van der Waals surface area contributed by atoms with Crippen molar-refractivity contribution < 1.29 is 27.0 Å². The maximum Gasteiger partial charge on any atom is 0.417 e. The number of ether oxygens (including phenoxy) is 2. The van der Waals surface area contributed by atoms with E-state index in [9.17, 15) is 22.4 Å². The van der Waals surface area contributed by atoms with E-state index in [1.54, 1.807) is 0 Å². The lowest BCUT2D eigenvalue weighted by molar-refractivity contribution is -0.138. The van der Waals surface area contributed by atoms with Crippen LogP contribution in [0.25, 0.3) is 16.9 Å². The lowest BCUT2D eigenvalue weighted by Gasteiger charge is -2.36. The Balaban J connectivity index is 1.26. The Bertz CT molecular complexity index is 1990. The fourth-order valence-electron chi connectivity index (χ4n) is 5.07. The number of fused-ring (bicyclic) bond motifs is 1. The Morgan fingerprint density at radius 1 is 1.17 bits per heavy atom. The Labute approximate surface area is 264 Å². The first kappa shape index (κ1) is 31.0. The highest BCUT2D eigenvalue weighted by Crippen LogP contribution is 2.38. The summed E-state index contributed by atoms with van der Waals surface area (Å²) in [5.41, 5.74) is 4.80. The monoisotopic (exact) mass is 655 g/mol. The highest BCUT2D eigenvalue weighted by atomic mass is 35.5. The first-order valence-electron chi connectivity index (χ1n) is 14.0. The number of halogens is 5. The van der Waals surface area contributed by atoms with E-state index in [-0.39, 0.29) is 51.1 Å². The van der Waals surface area contributed by atoms with Gasteiger partial charge in [-0.2, -0.15) is 18.2 Å². The van der Waals surface area contributed by atoms with Gasteiger partial charge in [0.15, 0.2) is 23.0 Å². The molecule has 0 spiro atoms. The fraction of sp³-hybridized carbons (Fsp3) is 0.226. The van der Waals surface area contributed by atoms with Crippen LogP contribution in [0.5, 0.6) is 5.75 Å². The van der Waals surface area contributed by atoms with E-state index in [0.29, 0.717) is 19.4 Å². The molecular formula is C31H26ClF4N7O3. The molecule has 5 aromatic rings.